The maximum absolute atomic E-state index is 11.0. The number of nitro groups is 1. The Morgan fingerprint density at radius 1 is 1.68 bits per heavy atom. The van der Waals surface area contributed by atoms with Gasteiger partial charge in [0.25, 0.3) is 0 Å². The van der Waals surface area contributed by atoms with E-state index in [4.69, 9.17) is 16.3 Å². The van der Waals surface area contributed by atoms with Crippen LogP contribution >= 0.6 is 11.6 Å². The quantitative estimate of drug-likeness (QED) is 0.468. The van der Waals surface area contributed by atoms with Crippen LogP contribution in [0.3, 0.4) is 0 Å². The van der Waals surface area contributed by atoms with E-state index in [2.05, 4.69) is 9.97 Å². The molecule has 0 spiro atoms. The van der Waals surface area contributed by atoms with E-state index >= 15 is 0 Å². The average Bonchev–Trinajstić information content (AvgIpc) is 2.88. The molecule has 0 amide bonds. The largest absolute Gasteiger partial charge is 0.376 e. The third-order valence-corrected chi connectivity index (χ3v) is 3.23. The van der Waals surface area contributed by atoms with Gasteiger partial charge >= 0.3 is 5.69 Å². The molecule has 1 saturated heterocycles. The number of likely N-dealkylation sites (N-methyl/N-ethyl adjacent to an activating group) is 1. The van der Waals surface area contributed by atoms with Crippen LogP contribution in [0.1, 0.15) is 19.8 Å². The number of hydrogen-bond acceptors (Lipinski definition) is 6. The summed E-state index contributed by atoms with van der Waals surface area (Å²) in [5.41, 5.74) is -0.135. The molecule has 0 bridgehead atoms. The molecular formula is C11H15ClN4O3. The maximum Gasteiger partial charge on any atom is 0.329 e. The van der Waals surface area contributed by atoms with Crippen LogP contribution in [0.4, 0.5) is 11.5 Å². The molecule has 0 saturated carbocycles. The second-order valence-electron chi connectivity index (χ2n) is 4.28. The lowest BCUT2D eigenvalue weighted by molar-refractivity contribution is -0.384. The zero-order chi connectivity index (χ0) is 13.8. The highest BCUT2D eigenvalue weighted by molar-refractivity contribution is 6.28. The summed E-state index contributed by atoms with van der Waals surface area (Å²) in [7, 11) is 0. The Balaban J connectivity index is 2.25. The standard InChI is InChI=1S/C11H15ClN4O3/c1-2-15(7-8-4-3-5-19-8)10-9(16(17)18)6-13-11(12)14-10/h6,8H,2-5,7H2,1H3. The summed E-state index contributed by atoms with van der Waals surface area (Å²) in [4.78, 5) is 20.0. The summed E-state index contributed by atoms with van der Waals surface area (Å²) in [6.45, 7) is 3.82. The van der Waals surface area contributed by atoms with Crippen molar-refractivity contribution in [2.75, 3.05) is 24.6 Å². The van der Waals surface area contributed by atoms with Gasteiger partial charge in [-0.15, -0.1) is 0 Å². The van der Waals surface area contributed by atoms with Gasteiger partial charge in [-0.05, 0) is 31.4 Å². The predicted molar refractivity (Wildman–Crippen MR) is 70.6 cm³/mol. The normalized spacial score (nSPS) is 18.5. The highest BCUT2D eigenvalue weighted by Gasteiger charge is 2.25. The van der Waals surface area contributed by atoms with Gasteiger partial charge in [-0.3, -0.25) is 10.1 Å². The van der Waals surface area contributed by atoms with Crippen LogP contribution in [0.25, 0.3) is 0 Å². The van der Waals surface area contributed by atoms with Gasteiger partial charge in [-0.2, -0.15) is 4.98 Å². The van der Waals surface area contributed by atoms with Crippen LogP contribution in [0.2, 0.25) is 5.28 Å². The first-order valence-electron chi connectivity index (χ1n) is 6.15. The monoisotopic (exact) mass is 286 g/mol. The molecule has 1 aliphatic heterocycles. The van der Waals surface area contributed by atoms with Gasteiger partial charge in [0, 0.05) is 19.7 Å². The fourth-order valence-corrected chi connectivity index (χ4v) is 2.24. The van der Waals surface area contributed by atoms with Crippen molar-refractivity contribution in [3.63, 3.8) is 0 Å². The summed E-state index contributed by atoms with van der Waals surface area (Å²) in [5.74, 6) is 0.253. The molecule has 1 aliphatic rings. The molecular weight excluding hydrogens is 272 g/mol. The molecule has 1 aromatic heterocycles. The lowest BCUT2D eigenvalue weighted by Gasteiger charge is -2.24. The van der Waals surface area contributed by atoms with Crippen LogP contribution in [-0.4, -0.2) is 40.7 Å². The third kappa shape index (κ3) is 3.30. The summed E-state index contributed by atoms with van der Waals surface area (Å²) >= 11 is 5.74. The second kappa shape index (κ2) is 6.12. The van der Waals surface area contributed by atoms with Gasteiger partial charge in [0.2, 0.25) is 11.1 Å². The average molecular weight is 287 g/mol. The molecule has 1 unspecified atom stereocenters. The lowest BCUT2D eigenvalue weighted by Crippen LogP contribution is -2.33. The van der Waals surface area contributed by atoms with Crippen molar-refractivity contribution in [1.82, 2.24) is 9.97 Å². The molecule has 1 aromatic rings. The van der Waals surface area contributed by atoms with Crippen LogP contribution in [-0.2, 0) is 4.74 Å². The number of nitrogens with zero attached hydrogens (tertiary/aromatic N) is 4. The van der Waals surface area contributed by atoms with Crippen molar-refractivity contribution in [1.29, 1.82) is 0 Å². The molecule has 104 valence electrons. The Hall–Kier alpha value is -1.47. The van der Waals surface area contributed by atoms with E-state index in [0.29, 0.717) is 13.1 Å². The van der Waals surface area contributed by atoms with E-state index in [1.807, 2.05) is 11.8 Å². The molecule has 2 rings (SSSR count). The van der Waals surface area contributed by atoms with Gasteiger partial charge in [-0.1, -0.05) is 0 Å². The van der Waals surface area contributed by atoms with Gasteiger partial charge in [0.05, 0.1) is 11.0 Å². The van der Waals surface area contributed by atoms with Crippen molar-refractivity contribution < 1.29 is 9.66 Å². The van der Waals surface area contributed by atoms with Crippen molar-refractivity contribution >= 4 is 23.1 Å². The lowest BCUT2D eigenvalue weighted by atomic mass is 10.2. The van der Waals surface area contributed by atoms with Crippen molar-refractivity contribution in [3.05, 3.63) is 21.6 Å². The summed E-state index contributed by atoms with van der Waals surface area (Å²) < 4.78 is 5.55. The predicted octanol–water partition coefficient (Wildman–Crippen LogP) is 2.04. The fourth-order valence-electron chi connectivity index (χ4n) is 2.11. The molecule has 1 fully saturated rings. The number of aromatic nitrogens is 2. The Labute approximate surface area is 115 Å². The molecule has 8 heteroatoms. The Morgan fingerprint density at radius 3 is 3.05 bits per heavy atom. The number of rotatable bonds is 5. The third-order valence-electron chi connectivity index (χ3n) is 3.05. The molecule has 19 heavy (non-hydrogen) atoms. The smallest absolute Gasteiger partial charge is 0.329 e. The van der Waals surface area contributed by atoms with E-state index in [1.165, 1.54) is 0 Å². The molecule has 1 atom stereocenters. The second-order valence-corrected chi connectivity index (χ2v) is 4.62. The molecule has 0 radical (unpaired) electrons. The van der Waals surface area contributed by atoms with Gasteiger partial charge < -0.3 is 9.64 Å². The molecule has 0 N–H and O–H groups in total. The van der Waals surface area contributed by atoms with Crippen LogP contribution in [0.5, 0.6) is 0 Å². The van der Waals surface area contributed by atoms with Crippen LogP contribution in [0.15, 0.2) is 6.20 Å². The molecule has 7 nitrogen and oxygen atoms in total. The molecule has 0 aromatic carbocycles. The minimum atomic E-state index is -0.496. The Morgan fingerprint density at radius 2 is 2.47 bits per heavy atom. The van der Waals surface area contributed by atoms with Gasteiger partial charge in [0.1, 0.15) is 6.20 Å². The highest BCUT2D eigenvalue weighted by atomic mass is 35.5. The van der Waals surface area contributed by atoms with Crippen LogP contribution in [0, 0.1) is 10.1 Å². The number of hydrogen-bond donors (Lipinski definition) is 0. The summed E-state index contributed by atoms with van der Waals surface area (Å²) in [6, 6.07) is 0. The first-order chi connectivity index (χ1) is 9.11. The SMILES string of the molecule is CCN(CC1CCCO1)c1nc(Cl)ncc1[N+](=O)[O-]. The molecule has 2 heterocycles. The number of anilines is 1. The van der Waals surface area contributed by atoms with E-state index < -0.39 is 4.92 Å². The minimum absolute atomic E-state index is 0.00592. The van der Waals surface area contributed by atoms with Crippen LogP contribution < -0.4 is 4.90 Å². The van der Waals surface area contributed by atoms with Crippen molar-refractivity contribution in [3.8, 4) is 0 Å². The minimum Gasteiger partial charge on any atom is -0.376 e. The zero-order valence-electron chi connectivity index (χ0n) is 10.6. The summed E-state index contributed by atoms with van der Waals surface area (Å²) in [6.07, 6.45) is 3.22. The first kappa shape index (κ1) is 14.0. The van der Waals surface area contributed by atoms with E-state index in [0.717, 1.165) is 25.6 Å². The van der Waals surface area contributed by atoms with E-state index in [9.17, 15) is 10.1 Å². The highest BCUT2D eigenvalue weighted by Crippen LogP contribution is 2.27. The Bertz CT molecular complexity index is 465. The Kier molecular flexibility index (Phi) is 4.49. The maximum atomic E-state index is 11.0. The number of halogens is 1. The summed E-state index contributed by atoms with van der Waals surface area (Å²) in [5, 5.41) is 11.0. The van der Waals surface area contributed by atoms with E-state index in [-0.39, 0.29) is 22.9 Å². The topological polar surface area (TPSA) is 81.4 Å². The first-order valence-corrected chi connectivity index (χ1v) is 6.53. The molecule has 0 aliphatic carbocycles. The van der Waals surface area contributed by atoms with Gasteiger partial charge in [-0.25, -0.2) is 4.98 Å². The zero-order valence-corrected chi connectivity index (χ0v) is 11.3. The van der Waals surface area contributed by atoms with E-state index in [1.54, 1.807) is 0 Å². The fraction of sp³-hybridized carbons (Fsp3) is 0.636. The van der Waals surface area contributed by atoms with Crippen molar-refractivity contribution in [2.45, 2.75) is 25.9 Å². The van der Waals surface area contributed by atoms with Gasteiger partial charge in [0.15, 0.2) is 0 Å². The number of ether oxygens (including phenoxy) is 1. The van der Waals surface area contributed by atoms with Crippen molar-refractivity contribution in [2.24, 2.45) is 0 Å².